The largest absolute Gasteiger partial charge is 0.416 e. The first kappa shape index (κ1) is 16.1. The van der Waals surface area contributed by atoms with E-state index in [2.05, 4.69) is 0 Å². The van der Waals surface area contributed by atoms with Crippen LogP contribution in [0.3, 0.4) is 0 Å². The third-order valence-corrected chi connectivity index (χ3v) is 4.51. The van der Waals surface area contributed by atoms with Gasteiger partial charge in [0.25, 0.3) is 0 Å². The van der Waals surface area contributed by atoms with Crippen molar-refractivity contribution in [1.82, 2.24) is 4.90 Å². The summed E-state index contributed by atoms with van der Waals surface area (Å²) in [5.41, 5.74) is 0.337. The number of rotatable bonds is 2. The van der Waals surface area contributed by atoms with Gasteiger partial charge < -0.3 is 10.0 Å². The zero-order valence-electron chi connectivity index (χ0n) is 12.5. The van der Waals surface area contributed by atoms with Crippen molar-refractivity contribution in [2.45, 2.75) is 44.0 Å². The second kappa shape index (κ2) is 6.00. The molecule has 1 aliphatic carbocycles. The number of allylic oxidation sites excluding steroid dienone is 1. The maximum Gasteiger partial charge on any atom is 0.416 e. The Bertz CT molecular complexity index is 633. The van der Waals surface area contributed by atoms with Crippen molar-refractivity contribution in [2.24, 2.45) is 0 Å². The van der Waals surface area contributed by atoms with E-state index in [0.717, 1.165) is 30.9 Å². The summed E-state index contributed by atoms with van der Waals surface area (Å²) in [5, 5.41) is 9.88. The fourth-order valence-electron chi connectivity index (χ4n) is 3.18. The number of amides is 1. The van der Waals surface area contributed by atoms with E-state index in [0.29, 0.717) is 0 Å². The minimum atomic E-state index is -4.48. The van der Waals surface area contributed by atoms with Gasteiger partial charge in [-0.3, -0.25) is 4.79 Å². The minimum absolute atomic E-state index is 0.0527. The van der Waals surface area contributed by atoms with Crippen LogP contribution in [0.4, 0.5) is 13.2 Å². The molecule has 1 saturated carbocycles. The van der Waals surface area contributed by atoms with Crippen LogP contribution >= 0.6 is 0 Å². The summed E-state index contributed by atoms with van der Waals surface area (Å²) in [7, 11) is 0. The Hall–Kier alpha value is -1.82. The summed E-state index contributed by atoms with van der Waals surface area (Å²) in [5.74, 6) is -0.307. The zero-order chi connectivity index (χ0) is 16.6. The number of alkyl halides is 3. The van der Waals surface area contributed by atoms with Gasteiger partial charge in [0, 0.05) is 12.6 Å². The number of hydrogen-bond donors (Lipinski definition) is 1. The second-order valence-electron chi connectivity index (χ2n) is 6.14. The number of carbonyl (C=O) groups excluding carboxylic acids is 1. The van der Waals surface area contributed by atoms with Gasteiger partial charge in [0.1, 0.15) is 0 Å². The Kier molecular flexibility index (Phi) is 4.19. The lowest BCUT2D eigenvalue weighted by atomic mass is 9.92. The monoisotopic (exact) mass is 325 g/mol. The van der Waals surface area contributed by atoms with E-state index in [1.54, 1.807) is 0 Å². The molecule has 1 aliphatic heterocycles. The number of nitrogens with zero attached hydrogens (tertiary/aromatic N) is 1. The molecule has 2 atom stereocenters. The third kappa shape index (κ3) is 3.27. The van der Waals surface area contributed by atoms with Crippen LogP contribution in [-0.2, 0) is 11.0 Å². The van der Waals surface area contributed by atoms with Gasteiger partial charge in [-0.1, -0.05) is 23.8 Å². The van der Waals surface area contributed by atoms with Crippen LogP contribution in [0, 0.1) is 0 Å². The van der Waals surface area contributed by atoms with E-state index in [1.165, 1.54) is 29.2 Å². The second-order valence-corrected chi connectivity index (χ2v) is 6.14. The molecule has 1 aromatic rings. The molecule has 2 aliphatic rings. The maximum absolute atomic E-state index is 13.2. The maximum atomic E-state index is 13.2. The van der Waals surface area contributed by atoms with E-state index >= 15 is 0 Å². The number of hydrogen-bond acceptors (Lipinski definition) is 2. The normalized spacial score (nSPS) is 24.5. The molecule has 1 saturated heterocycles. The predicted molar refractivity (Wildman–Crippen MR) is 78.5 cm³/mol. The van der Waals surface area contributed by atoms with Crippen LogP contribution in [0.2, 0.25) is 0 Å². The third-order valence-electron chi connectivity index (χ3n) is 4.51. The van der Waals surface area contributed by atoms with Gasteiger partial charge in [-0.05, 0) is 37.3 Å². The number of halogens is 3. The van der Waals surface area contributed by atoms with Gasteiger partial charge in [0.15, 0.2) is 0 Å². The summed E-state index contributed by atoms with van der Waals surface area (Å²) >= 11 is 0. The van der Waals surface area contributed by atoms with Crippen molar-refractivity contribution in [3.05, 3.63) is 47.0 Å². The summed E-state index contributed by atoms with van der Waals surface area (Å²) in [6.45, 7) is 0.0689. The smallest absolute Gasteiger partial charge is 0.391 e. The number of aliphatic hydroxyl groups is 1. The molecule has 6 heteroatoms. The summed E-state index contributed by atoms with van der Waals surface area (Å²) in [6.07, 6.45) is -0.858. The number of aliphatic hydroxyl groups excluding tert-OH is 1. The molecule has 3 nitrogen and oxygen atoms in total. The minimum Gasteiger partial charge on any atom is -0.391 e. The molecular weight excluding hydrogens is 307 g/mol. The van der Waals surface area contributed by atoms with Crippen molar-refractivity contribution in [1.29, 1.82) is 0 Å². The molecule has 0 bridgehead atoms. The predicted octanol–water partition coefficient (Wildman–Crippen LogP) is 3.45. The molecule has 2 fully saturated rings. The van der Waals surface area contributed by atoms with E-state index in [-0.39, 0.29) is 24.4 Å². The quantitative estimate of drug-likeness (QED) is 0.846. The van der Waals surface area contributed by atoms with Crippen LogP contribution in [0.25, 0.3) is 0 Å². The lowest BCUT2D eigenvalue weighted by Crippen LogP contribution is -2.31. The van der Waals surface area contributed by atoms with Crippen LogP contribution in [-0.4, -0.2) is 28.6 Å². The van der Waals surface area contributed by atoms with Gasteiger partial charge in [0.05, 0.1) is 17.7 Å². The summed E-state index contributed by atoms with van der Waals surface area (Å²) in [6, 6.07) is 4.53. The Morgan fingerprint density at radius 1 is 1.26 bits per heavy atom. The Balaban J connectivity index is 1.92. The molecule has 23 heavy (non-hydrogen) atoms. The molecule has 124 valence electrons. The molecule has 1 N–H and O–H groups in total. The van der Waals surface area contributed by atoms with E-state index in [1.807, 2.05) is 0 Å². The Labute approximate surface area is 132 Å². The first-order valence-electron chi connectivity index (χ1n) is 7.70. The van der Waals surface area contributed by atoms with Gasteiger partial charge in [-0.25, -0.2) is 0 Å². The molecule has 1 amide bonds. The number of likely N-dealkylation sites (tertiary alicyclic amines) is 1. The fourth-order valence-corrected chi connectivity index (χ4v) is 3.18. The van der Waals surface area contributed by atoms with Crippen molar-refractivity contribution in [3.63, 3.8) is 0 Å². The van der Waals surface area contributed by atoms with Gasteiger partial charge in [0.2, 0.25) is 5.91 Å². The summed E-state index contributed by atoms with van der Waals surface area (Å²) < 4.78 is 39.7. The number of benzene rings is 1. The van der Waals surface area contributed by atoms with Gasteiger partial charge in [-0.2, -0.15) is 13.2 Å². The molecule has 0 unspecified atom stereocenters. The first-order valence-corrected chi connectivity index (χ1v) is 7.70. The SMILES string of the molecule is O=C(C=C1CCC1)N1C[C@@H](O)C[C@@H]1c1ccccc1C(F)(F)F. The molecule has 3 rings (SSSR count). The Morgan fingerprint density at radius 2 is 1.96 bits per heavy atom. The molecule has 1 aromatic carbocycles. The lowest BCUT2D eigenvalue weighted by molar-refractivity contribution is -0.139. The first-order chi connectivity index (χ1) is 10.9. The Morgan fingerprint density at radius 3 is 2.57 bits per heavy atom. The molecular formula is C17H18F3NO2. The van der Waals surface area contributed by atoms with Gasteiger partial charge >= 0.3 is 6.18 Å². The summed E-state index contributed by atoms with van der Waals surface area (Å²) in [4.78, 5) is 13.8. The number of carbonyl (C=O) groups is 1. The van der Waals surface area contributed by atoms with Crippen LogP contribution in [0.5, 0.6) is 0 Å². The highest BCUT2D eigenvalue weighted by Crippen LogP contribution is 2.40. The average molecular weight is 325 g/mol. The van der Waals surface area contributed by atoms with Crippen molar-refractivity contribution >= 4 is 5.91 Å². The highest BCUT2D eigenvalue weighted by Gasteiger charge is 2.41. The van der Waals surface area contributed by atoms with Crippen LogP contribution in [0.15, 0.2) is 35.9 Å². The van der Waals surface area contributed by atoms with Crippen LogP contribution in [0.1, 0.15) is 42.9 Å². The van der Waals surface area contributed by atoms with E-state index in [4.69, 9.17) is 0 Å². The highest BCUT2D eigenvalue weighted by atomic mass is 19.4. The molecule has 1 heterocycles. The van der Waals surface area contributed by atoms with Crippen LogP contribution < -0.4 is 0 Å². The molecule has 0 aromatic heterocycles. The topological polar surface area (TPSA) is 40.5 Å². The number of β-amino-alcohol motifs (C(OH)–C–C–N with tert-alkyl or cyclic N) is 1. The molecule has 0 radical (unpaired) electrons. The highest BCUT2D eigenvalue weighted by molar-refractivity contribution is 5.89. The fraction of sp³-hybridized carbons (Fsp3) is 0.471. The van der Waals surface area contributed by atoms with Crippen molar-refractivity contribution in [2.75, 3.05) is 6.54 Å². The average Bonchev–Trinajstić information content (AvgIpc) is 2.84. The van der Waals surface area contributed by atoms with E-state index in [9.17, 15) is 23.1 Å². The molecule has 0 spiro atoms. The van der Waals surface area contributed by atoms with Gasteiger partial charge in [-0.15, -0.1) is 0 Å². The standard InChI is InChI=1S/C17H18F3NO2/c18-17(19,20)14-7-2-1-6-13(14)15-9-12(22)10-21(15)16(23)8-11-4-3-5-11/h1-2,6-8,12,15,22H,3-5,9-10H2/t12-,15+/m0/s1. The lowest BCUT2D eigenvalue weighted by Gasteiger charge is -2.27. The van der Waals surface area contributed by atoms with E-state index < -0.39 is 23.9 Å². The van der Waals surface area contributed by atoms with Crippen molar-refractivity contribution < 1.29 is 23.1 Å². The zero-order valence-corrected chi connectivity index (χ0v) is 12.5. The van der Waals surface area contributed by atoms with Crippen molar-refractivity contribution in [3.8, 4) is 0 Å².